The standard InChI is InChI=1S/C9H10ClN3S/c10-7-4-12-13(5-7)6-9-2-1-8(3-11)14-9/h1-2,4-5H,3,6,11H2. The molecule has 0 spiro atoms. The van der Waals surface area contributed by atoms with Crippen LogP contribution in [-0.2, 0) is 13.1 Å². The van der Waals surface area contributed by atoms with Gasteiger partial charge in [-0.1, -0.05) is 11.6 Å². The highest BCUT2D eigenvalue weighted by Gasteiger charge is 2.01. The van der Waals surface area contributed by atoms with Gasteiger partial charge in [-0.05, 0) is 12.1 Å². The first-order valence-electron chi connectivity index (χ1n) is 4.23. The van der Waals surface area contributed by atoms with Crippen LogP contribution in [-0.4, -0.2) is 9.78 Å². The fraction of sp³-hybridized carbons (Fsp3) is 0.222. The largest absolute Gasteiger partial charge is 0.326 e. The molecule has 0 bridgehead atoms. The summed E-state index contributed by atoms with van der Waals surface area (Å²) in [6.45, 7) is 1.36. The zero-order valence-corrected chi connectivity index (χ0v) is 9.05. The second kappa shape index (κ2) is 4.13. The fourth-order valence-electron chi connectivity index (χ4n) is 1.20. The molecule has 2 aromatic rings. The first-order chi connectivity index (χ1) is 6.78. The Labute approximate surface area is 91.1 Å². The summed E-state index contributed by atoms with van der Waals surface area (Å²) in [5, 5.41) is 4.77. The van der Waals surface area contributed by atoms with Crippen molar-refractivity contribution in [1.29, 1.82) is 0 Å². The Morgan fingerprint density at radius 3 is 2.79 bits per heavy atom. The van der Waals surface area contributed by atoms with E-state index >= 15 is 0 Å². The van der Waals surface area contributed by atoms with Gasteiger partial charge in [-0.25, -0.2) is 0 Å². The van der Waals surface area contributed by atoms with E-state index in [0.717, 1.165) is 6.54 Å². The number of aromatic nitrogens is 2. The number of thiophene rings is 1. The molecule has 0 amide bonds. The van der Waals surface area contributed by atoms with Crippen molar-refractivity contribution in [2.75, 3.05) is 0 Å². The smallest absolute Gasteiger partial charge is 0.0785 e. The van der Waals surface area contributed by atoms with Crippen LogP contribution >= 0.6 is 22.9 Å². The van der Waals surface area contributed by atoms with E-state index in [9.17, 15) is 0 Å². The molecule has 0 unspecified atom stereocenters. The van der Waals surface area contributed by atoms with E-state index in [0.29, 0.717) is 11.6 Å². The summed E-state index contributed by atoms with van der Waals surface area (Å²) in [6, 6.07) is 4.12. The monoisotopic (exact) mass is 227 g/mol. The van der Waals surface area contributed by atoms with Crippen LogP contribution in [0.15, 0.2) is 24.5 Å². The van der Waals surface area contributed by atoms with Crippen molar-refractivity contribution in [1.82, 2.24) is 9.78 Å². The van der Waals surface area contributed by atoms with E-state index in [2.05, 4.69) is 11.2 Å². The van der Waals surface area contributed by atoms with Crippen LogP contribution in [0.2, 0.25) is 5.02 Å². The van der Waals surface area contributed by atoms with Gasteiger partial charge in [-0.3, -0.25) is 4.68 Å². The van der Waals surface area contributed by atoms with Gasteiger partial charge >= 0.3 is 0 Å². The summed E-state index contributed by atoms with van der Waals surface area (Å²) in [6.07, 6.45) is 3.45. The lowest BCUT2D eigenvalue weighted by Gasteiger charge is -1.96. The van der Waals surface area contributed by atoms with Gasteiger partial charge in [0.25, 0.3) is 0 Å². The maximum atomic E-state index is 5.76. The Morgan fingerprint density at radius 2 is 2.21 bits per heavy atom. The van der Waals surface area contributed by atoms with Crippen LogP contribution in [0.4, 0.5) is 0 Å². The van der Waals surface area contributed by atoms with Gasteiger partial charge in [0.2, 0.25) is 0 Å². The van der Waals surface area contributed by atoms with E-state index in [1.54, 1.807) is 17.5 Å². The van der Waals surface area contributed by atoms with Gasteiger partial charge in [-0.15, -0.1) is 11.3 Å². The summed E-state index contributed by atoms with van der Waals surface area (Å²) in [5.41, 5.74) is 5.53. The zero-order chi connectivity index (χ0) is 9.97. The summed E-state index contributed by atoms with van der Waals surface area (Å²) in [5.74, 6) is 0. The molecule has 0 atom stereocenters. The number of hydrogen-bond acceptors (Lipinski definition) is 3. The van der Waals surface area contributed by atoms with Crippen molar-refractivity contribution < 1.29 is 0 Å². The van der Waals surface area contributed by atoms with Crippen LogP contribution in [0.3, 0.4) is 0 Å². The summed E-state index contributed by atoms with van der Waals surface area (Å²) >= 11 is 7.47. The maximum absolute atomic E-state index is 5.76. The van der Waals surface area contributed by atoms with Crippen LogP contribution < -0.4 is 5.73 Å². The van der Waals surface area contributed by atoms with E-state index < -0.39 is 0 Å². The fourth-order valence-corrected chi connectivity index (χ4v) is 2.25. The van der Waals surface area contributed by atoms with Crippen molar-refractivity contribution in [2.45, 2.75) is 13.1 Å². The molecule has 14 heavy (non-hydrogen) atoms. The molecule has 2 heterocycles. The predicted molar refractivity (Wildman–Crippen MR) is 58.5 cm³/mol. The lowest BCUT2D eigenvalue weighted by atomic mass is 10.4. The van der Waals surface area contributed by atoms with Gasteiger partial charge in [0.1, 0.15) is 0 Å². The molecule has 0 aromatic carbocycles. The van der Waals surface area contributed by atoms with Gasteiger partial charge < -0.3 is 5.73 Å². The van der Waals surface area contributed by atoms with Crippen molar-refractivity contribution in [3.05, 3.63) is 39.3 Å². The van der Waals surface area contributed by atoms with Gasteiger partial charge in [0, 0.05) is 22.5 Å². The zero-order valence-electron chi connectivity index (χ0n) is 7.48. The quantitative estimate of drug-likeness (QED) is 0.873. The topological polar surface area (TPSA) is 43.8 Å². The number of nitrogens with zero attached hydrogens (tertiary/aromatic N) is 2. The van der Waals surface area contributed by atoms with E-state index in [1.165, 1.54) is 9.75 Å². The molecule has 0 saturated carbocycles. The summed E-state index contributed by atoms with van der Waals surface area (Å²) in [7, 11) is 0. The number of halogens is 1. The number of rotatable bonds is 3. The van der Waals surface area contributed by atoms with Gasteiger partial charge in [0.05, 0.1) is 17.8 Å². The van der Waals surface area contributed by atoms with E-state index in [-0.39, 0.29) is 0 Å². The van der Waals surface area contributed by atoms with Gasteiger partial charge in [-0.2, -0.15) is 5.10 Å². The van der Waals surface area contributed by atoms with Gasteiger partial charge in [0.15, 0.2) is 0 Å². The Kier molecular flexibility index (Phi) is 2.86. The Balaban J connectivity index is 2.10. The van der Waals surface area contributed by atoms with Crippen LogP contribution in [0.25, 0.3) is 0 Å². The second-order valence-corrected chi connectivity index (χ2v) is 4.62. The Morgan fingerprint density at radius 1 is 1.43 bits per heavy atom. The van der Waals surface area contributed by atoms with Crippen molar-refractivity contribution in [2.24, 2.45) is 5.73 Å². The molecule has 0 saturated heterocycles. The first kappa shape index (κ1) is 9.71. The summed E-state index contributed by atoms with van der Waals surface area (Å²) < 4.78 is 1.81. The van der Waals surface area contributed by atoms with E-state index in [1.807, 2.05) is 16.9 Å². The highest BCUT2D eigenvalue weighted by Crippen LogP contribution is 2.17. The third-order valence-electron chi connectivity index (χ3n) is 1.84. The lowest BCUT2D eigenvalue weighted by Crippen LogP contribution is -1.97. The average molecular weight is 228 g/mol. The normalized spacial score (nSPS) is 10.7. The Bertz CT molecular complexity index is 421. The molecular formula is C9H10ClN3S. The molecule has 0 radical (unpaired) electrons. The molecule has 3 nitrogen and oxygen atoms in total. The minimum Gasteiger partial charge on any atom is -0.326 e. The molecule has 2 rings (SSSR count). The average Bonchev–Trinajstić information content (AvgIpc) is 2.76. The highest BCUT2D eigenvalue weighted by atomic mass is 35.5. The number of nitrogens with two attached hydrogens (primary N) is 1. The van der Waals surface area contributed by atoms with Crippen LogP contribution in [0.5, 0.6) is 0 Å². The first-order valence-corrected chi connectivity index (χ1v) is 5.43. The molecule has 0 aliphatic carbocycles. The maximum Gasteiger partial charge on any atom is 0.0785 e. The molecule has 0 aliphatic rings. The van der Waals surface area contributed by atoms with Crippen LogP contribution in [0.1, 0.15) is 9.75 Å². The SMILES string of the molecule is NCc1ccc(Cn2cc(Cl)cn2)s1. The lowest BCUT2D eigenvalue weighted by molar-refractivity contribution is 0.695. The predicted octanol–water partition coefficient (Wildman–Crippen LogP) is 2.10. The third-order valence-corrected chi connectivity index (χ3v) is 3.13. The Hall–Kier alpha value is -0.840. The van der Waals surface area contributed by atoms with Crippen molar-refractivity contribution in [3.8, 4) is 0 Å². The minimum atomic E-state index is 0.602. The second-order valence-electron chi connectivity index (χ2n) is 2.93. The summed E-state index contributed by atoms with van der Waals surface area (Å²) in [4.78, 5) is 2.43. The molecule has 2 aromatic heterocycles. The number of hydrogen-bond donors (Lipinski definition) is 1. The van der Waals surface area contributed by atoms with Crippen molar-refractivity contribution in [3.63, 3.8) is 0 Å². The third kappa shape index (κ3) is 2.15. The highest BCUT2D eigenvalue weighted by molar-refractivity contribution is 7.11. The molecule has 5 heteroatoms. The minimum absolute atomic E-state index is 0.602. The van der Waals surface area contributed by atoms with Crippen molar-refractivity contribution >= 4 is 22.9 Å². The molecular weight excluding hydrogens is 218 g/mol. The molecule has 2 N–H and O–H groups in total. The van der Waals surface area contributed by atoms with E-state index in [4.69, 9.17) is 17.3 Å². The van der Waals surface area contributed by atoms with Crippen LogP contribution in [0, 0.1) is 0 Å². The molecule has 0 aliphatic heterocycles. The molecule has 0 fully saturated rings. The molecule has 74 valence electrons.